The lowest BCUT2D eigenvalue weighted by Crippen LogP contribution is -2.63. The molecule has 12 nitrogen and oxygen atoms in total. The number of ether oxygens (including phenoxy) is 3. The quantitative estimate of drug-likeness (QED) is 0.111. The monoisotopic (exact) mass is 728 g/mol. The third-order valence-corrected chi connectivity index (χ3v) is 12.4. The van der Waals surface area contributed by atoms with Gasteiger partial charge in [-0.15, -0.1) is 0 Å². The van der Waals surface area contributed by atoms with Gasteiger partial charge in [0.25, 0.3) is 0 Å². The number of aromatic carboxylic acids is 1. The van der Waals surface area contributed by atoms with Crippen molar-refractivity contribution in [2.75, 3.05) is 13.7 Å². The third-order valence-electron chi connectivity index (χ3n) is 12.4. The molecule has 4 aliphatic carbocycles. The Kier molecular flexibility index (Phi) is 10.9. The molecule has 0 amide bonds. The summed E-state index contributed by atoms with van der Waals surface area (Å²) >= 11 is 0. The number of Topliss-reactive ketones (excluding diaryl/α,β-unsaturated/α-hetero) is 1. The van der Waals surface area contributed by atoms with Crippen LogP contribution in [-0.2, 0) is 35.0 Å². The number of rotatable bonds is 13. The second kappa shape index (κ2) is 15.1. The minimum Gasteiger partial charge on any atom is -0.507 e. The number of methoxy groups -OCH3 is 1. The Hall–Kier alpha value is -4.52. The van der Waals surface area contributed by atoms with Crippen molar-refractivity contribution >= 4 is 34.9 Å². The first-order valence-electron chi connectivity index (χ1n) is 18.3. The zero-order chi connectivity index (χ0) is 38.1. The molecule has 6 rings (SSSR count). The summed E-state index contributed by atoms with van der Waals surface area (Å²) in [4.78, 5) is 51.6. The van der Waals surface area contributed by atoms with Gasteiger partial charge in [0.2, 0.25) is 5.78 Å². The standard InChI is InChI=1S/C41H48N2O10/c1-5-8-36(51-4)53-41(18-16-30-28-13-11-25-20-27(44)15-17-39(25,2)37(28)33(46)22-40(30,41)3)34(47)23-52-35(48)19-24-9-6-7-10-31(24)43-42-26-12-14-32(45)29(21-26)38(49)50/h6-7,9-10,12,14-15,17,20-21,28,30,33,36-37,45-46H,5,8,11,13,16,18-19,22-23H2,1-4H3,(H,49,50)/b43-42+. The van der Waals surface area contributed by atoms with Gasteiger partial charge in [-0.25, -0.2) is 4.79 Å². The highest BCUT2D eigenvalue weighted by Gasteiger charge is 2.69. The third kappa shape index (κ3) is 7.00. The molecule has 4 aliphatic rings. The predicted molar refractivity (Wildman–Crippen MR) is 193 cm³/mol. The summed E-state index contributed by atoms with van der Waals surface area (Å²) in [5.74, 6) is -2.77. The van der Waals surface area contributed by atoms with Crippen LogP contribution >= 0.6 is 0 Å². The number of carbonyl (C=O) groups is 4. The Morgan fingerprint density at radius 1 is 1.08 bits per heavy atom. The largest absolute Gasteiger partial charge is 0.507 e. The number of azo groups is 1. The van der Waals surface area contributed by atoms with Crippen molar-refractivity contribution in [2.45, 2.75) is 90.1 Å². The molecule has 0 aliphatic heterocycles. The van der Waals surface area contributed by atoms with Gasteiger partial charge >= 0.3 is 11.9 Å². The maximum atomic E-state index is 14.6. The van der Waals surface area contributed by atoms with Crippen LogP contribution in [0.25, 0.3) is 0 Å². The van der Waals surface area contributed by atoms with Gasteiger partial charge in [0.05, 0.1) is 23.9 Å². The fraction of sp³-hybridized carbons (Fsp3) is 0.512. The number of hydrogen-bond donors (Lipinski definition) is 3. The molecule has 3 fully saturated rings. The van der Waals surface area contributed by atoms with Crippen molar-refractivity contribution in [3.8, 4) is 5.75 Å². The highest BCUT2D eigenvalue weighted by molar-refractivity contribution is 6.01. The first kappa shape index (κ1) is 38.2. The van der Waals surface area contributed by atoms with E-state index in [1.807, 2.05) is 19.9 Å². The minimum atomic E-state index is -1.37. The van der Waals surface area contributed by atoms with E-state index in [0.717, 1.165) is 24.8 Å². The van der Waals surface area contributed by atoms with E-state index in [0.29, 0.717) is 36.9 Å². The lowest BCUT2D eigenvalue weighted by Gasteiger charge is -2.60. The van der Waals surface area contributed by atoms with Gasteiger partial charge in [0, 0.05) is 23.9 Å². The lowest BCUT2D eigenvalue weighted by atomic mass is 9.46. The van der Waals surface area contributed by atoms with Crippen LogP contribution in [0.5, 0.6) is 5.75 Å². The van der Waals surface area contributed by atoms with E-state index < -0.39 is 53.1 Å². The summed E-state index contributed by atoms with van der Waals surface area (Å²) in [7, 11) is 1.55. The molecule has 0 aromatic heterocycles. The van der Waals surface area contributed by atoms with Crippen LogP contribution in [0.4, 0.5) is 11.4 Å². The number of hydrogen-bond acceptors (Lipinski definition) is 11. The van der Waals surface area contributed by atoms with E-state index in [2.05, 4.69) is 17.2 Å². The van der Waals surface area contributed by atoms with E-state index in [4.69, 9.17) is 14.2 Å². The number of aromatic hydroxyl groups is 1. The summed E-state index contributed by atoms with van der Waals surface area (Å²) in [5.41, 5.74) is -0.868. The van der Waals surface area contributed by atoms with Crippen LogP contribution in [-0.4, -0.2) is 70.5 Å². The van der Waals surface area contributed by atoms with Crippen LogP contribution in [0.3, 0.4) is 0 Å². The van der Waals surface area contributed by atoms with Crippen molar-refractivity contribution in [1.82, 2.24) is 0 Å². The molecule has 2 aromatic carbocycles. The molecule has 8 atom stereocenters. The van der Waals surface area contributed by atoms with Crippen LogP contribution in [0.2, 0.25) is 0 Å². The number of benzene rings is 2. The summed E-state index contributed by atoms with van der Waals surface area (Å²) in [6, 6.07) is 10.6. The predicted octanol–water partition coefficient (Wildman–Crippen LogP) is 6.97. The number of fused-ring (bicyclic) bond motifs is 5. The molecule has 3 saturated carbocycles. The summed E-state index contributed by atoms with van der Waals surface area (Å²) in [6.45, 7) is 5.62. The Morgan fingerprint density at radius 3 is 2.58 bits per heavy atom. The SMILES string of the molecule is CCCC(OC)OC1(C(=O)COC(=O)Cc2ccccc2/N=N/c2ccc(O)c(C(=O)O)c2)CCC2C3CCC4=CC(=O)C=CC4(C)C3C(O)CC21C. The molecule has 12 heteroatoms. The number of allylic oxidation sites excluding steroid dienone is 4. The van der Waals surface area contributed by atoms with Crippen LogP contribution in [0.15, 0.2) is 76.5 Å². The van der Waals surface area contributed by atoms with E-state index in [1.165, 1.54) is 18.2 Å². The Balaban J connectivity index is 1.21. The van der Waals surface area contributed by atoms with Gasteiger partial charge in [-0.3, -0.25) is 14.4 Å². The zero-order valence-electron chi connectivity index (χ0n) is 30.6. The molecular weight excluding hydrogens is 680 g/mol. The molecule has 0 heterocycles. The topological polar surface area (TPSA) is 181 Å². The second-order valence-corrected chi connectivity index (χ2v) is 15.2. The van der Waals surface area contributed by atoms with Crippen LogP contribution in [0.1, 0.15) is 81.6 Å². The molecule has 0 radical (unpaired) electrons. The maximum Gasteiger partial charge on any atom is 0.339 e. The number of carboxylic acid groups (broad SMARTS) is 1. The maximum absolute atomic E-state index is 14.6. The van der Waals surface area contributed by atoms with Crippen LogP contribution in [0, 0.1) is 28.6 Å². The molecule has 2 aromatic rings. The van der Waals surface area contributed by atoms with Gasteiger partial charge in [0.1, 0.15) is 16.9 Å². The Morgan fingerprint density at radius 2 is 1.85 bits per heavy atom. The molecule has 282 valence electrons. The summed E-state index contributed by atoms with van der Waals surface area (Å²) in [6.07, 6.45) is 7.86. The molecule has 0 bridgehead atoms. The van der Waals surface area contributed by atoms with Crippen molar-refractivity contribution in [3.05, 3.63) is 77.4 Å². The van der Waals surface area contributed by atoms with Crippen molar-refractivity contribution in [2.24, 2.45) is 38.8 Å². The number of carboxylic acids is 1. The fourth-order valence-corrected chi connectivity index (χ4v) is 9.81. The van der Waals surface area contributed by atoms with E-state index in [1.54, 1.807) is 43.5 Å². The number of aliphatic hydroxyl groups excluding tert-OH is 1. The first-order chi connectivity index (χ1) is 25.3. The number of aliphatic hydroxyl groups is 1. The van der Waals surface area contributed by atoms with Gasteiger partial charge in [0.15, 0.2) is 18.7 Å². The molecule has 0 saturated heterocycles. The van der Waals surface area contributed by atoms with Gasteiger partial charge < -0.3 is 29.5 Å². The molecular formula is C41H48N2O10. The number of ketones is 2. The normalized spacial score (nSPS) is 31.0. The van der Waals surface area contributed by atoms with Gasteiger partial charge in [-0.2, -0.15) is 10.2 Å². The highest BCUT2D eigenvalue weighted by atomic mass is 16.7. The Bertz CT molecular complexity index is 1870. The fourth-order valence-electron chi connectivity index (χ4n) is 9.81. The highest BCUT2D eigenvalue weighted by Crippen LogP contribution is 2.68. The zero-order valence-corrected chi connectivity index (χ0v) is 30.6. The van der Waals surface area contributed by atoms with Crippen molar-refractivity contribution in [3.63, 3.8) is 0 Å². The van der Waals surface area contributed by atoms with E-state index in [9.17, 15) is 34.5 Å². The number of carbonyl (C=O) groups excluding carboxylic acids is 3. The van der Waals surface area contributed by atoms with E-state index >= 15 is 0 Å². The molecule has 53 heavy (non-hydrogen) atoms. The first-order valence-corrected chi connectivity index (χ1v) is 18.3. The van der Waals surface area contributed by atoms with E-state index in [-0.39, 0.29) is 47.0 Å². The second-order valence-electron chi connectivity index (χ2n) is 15.2. The average molecular weight is 729 g/mol. The van der Waals surface area contributed by atoms with Gasteiger partial charge in [-0.1, -0.05) is 57.0 Å². The Labute approximate surface area is 308 Å². The van der Waals surface area contributed by atoms with Gasteiger partial charge in [-0.05, 0) is 92.3 Å². The summed E-state index contributed by atoms with van der Waals surface area (Å²) < 4.78 is 18.1. The van der Waals surface area contributed by atoms with Crippen molar-refractivity contribution < 1.29 is 48.7 Å². The van der Waals surface area contributed by atoms with Crippen LogP contribution < -0.4 is 0 Å². The summed E-state index contributed by atoms with van der Waals surface area (Å²) in [5, 5.41) is 39.4. The van der Waals surface area contributed by atoms with Crippen molar-refractivity contribution in [1.29, 1.82) is 0 Å². The number of esters is 1. The lowest BCUT2D eigenvalue weighted by molar-refractivity contribution is -0.248. The molecule has 8 unspecified atom stereocenters. The minimum absolute atomic E-state index is 0.0286. The average Bonchev–Trinajstić information content (AvgIpc) is 3.42. The number of phenols is 1. The smallest absolute Gasteiger partial charge is 0.339 e. The molecule has 0 spiro atoms. The molecule has 3 N–H and O–H groups in total. The number of nitrogens with zero attached hydrogens (tertiary/aromatic N) is 2.